The minimum absolute atomic E-state index is 0.144. The highest BCUT2D eigenvalue weighted by Crippen LogP contribution is 2.24. The first-order chi connectivity index (χ1) is 7.36. The molecule has 2 nitrogen and oxygen atoms in total. The van der Waals surface area contributed by atoms with Crippen LogP contribution in [0.3, 0.4) is 0 Å². The molecule has 0 aliphatic heterocycles. The smallest absolute Gasteiger partial charge is 0.151 e. The summed E-state index contributed by atoms with van der Waals surface area (Å²) in [6.07, 6.45) is 0. The van der Waals surface area contributed by atoms with Crippen LogP contribution in [0.25, 0.3) is 0 Å². The van der Waals surface area contributed by atoms with E-state index in [-0.39, 0.29) is 17.2 Å². The minimum Gasteiger partial charge on any atom is -0.307 e. The molecule has 0 aliphatic carbocycles. The zero-order valence-corrected chi connectivity index (χ0v) is 10.8. The van der Waals surface area contributed by atoms with Crippen LogP contribution >= 0.6 is 0 Å². The average Bonchev–Trinajstić information content (AvgIpc) is 2.17. The Balaban J connectivity index is 2.98. The van der Waals surface area contributed by atoms with E-state index in [4.69, 9.17) is 0 Å². The number of carbonyl (C=O) groups is 1. The van der Waals surface area contributed by atoms with Crippen molar-refractivity contribution >= 4 is 5.78 Å². The fourth-order valence-electron chi connectivity index (χ4n) is 1.78. The SMILES string of the molecule is CNC(C(C)=O)c1ccc(C(C)(C)C)cc1. The fourth-order valence-corrected chi connectivity index (χ4v) is 1.78. The summed E-state index contributed by atoms with van der Waals surface area (Å²) in [5.41, 5.74) is 2.47. The topological polar surface area (TPSA) is 29.1 Å². The summed E-state index contributed by atoms with van der Waals surface area (Å²) in [4.78, 5) is 11.4. The maximum absolute atomic E-state index is 11.4. The van der Waals surface area contributed by atoms with Crippen LogP contribution < -0.4 is 5.32 Å². The average molecular weight is 219 g/mol. The molecule has 1 unspecified atom stereocenters. The van der Waals surface area contributed by atoms with Gasteiger partial charge in [-0.3, -0.25) is 4.79 Å². The van der Waals surface area contributed by atoms with Crippen LogP contribution in [0.2, 0.25) is 0 Å². The number of carbonyl (C=O) groups excluding carboxylic acids is 1. The number of ketones is 1. The normalized spacial score (nSPS) is 13.6. The molecule has 1 N–H and O–H groups in total. The summed E-state index contributed by atoms with van der Waals surface area (Å²) in [6.45, 7) is 8.16. The van der Waals surface area contributed by atoms with Gasteiger partial charge in [-0.05, 0) is 30.5 Å². The lowest BCUT2D eigenvalue weighted by Crippen LogP contribution is -2.23. The van der Waals surface area contributed by atoms with Gasteiger partial charge in [0.25, 0.3) is 0 Å². The van der Waals surface area contributed by atoms with Gasteiger partial charge in [-0.15, -0.1) is 0 Å². The lowest BCUT2D eigenvalue weighted by Gasteiger charge is -2.20. The lowest BCUT2D eigenvalue weighted by molar-refractivity contribution is -0.119. The summed E-state index contributed by atoms with van der Waals surface area (Å²) >= 11 is 0. The third-order valence-electron chi connectivity index (χ3n) is 2.81. The van der Waals surface area contributed by atoms with E-state index in [1.165, 1.54) is 5.56 Å². The highest BCUT2D eigenvalue weighted by atomic mass is 16.1. The first kappa shape index (κ1) is 12.9. The van der Waals surface area contributed by atoms with Crippen LogP contribution in [0, 0.1) is 0 Å². The molecule has 88 valence electrons. The number of likely N-dealkylation sites (N-methyl/N-ethyl adjacent to an activating group) is 1. The number of hydrogen-bond donors (Lipinski definition) is 1. The van der Waals surface area contributed by atoms with Gasteiger partial charge in [0.2, 0.25) is 0 Å². The second-order valence-electron chi connectivity index (χ2n) is 5.20. The summed E-state index contributed by atoms with van der Waals surface area (Å²) in [5, 5.41) is 3.03. The van der Waals surface area contributed by atoms with Gasteiger partial charge < -0.3 is 5.32 Å². The molecule has 1 aromatic carbocycles. The number of benzene rings is 1. The van der Waals surface area contributed by atoms with Crippen LogP contribution in [0.5, 0.6) is 0 Å². The Morgan fingerprint density at radius 3 is 2.00 bits per heavy atom. The molecule has 1 atom stereocenters. The summed E-state index contributed by atoms with van der Waals surface area (Å²) in [6, 6.07) is 8.08. The van der Waals surface area contributed by atoms with Gasteiger partial charge >= 0.3 is 0 Å². The van der Waals surface area contributed by atoms with Gasteiger partial charge in [0.05, 0.1) is 6.04 Å². The van der Waals surface area contributed by atoms with Crippen LogP contribution in [-0.2, 0) is 10.2 Å². The third-order valence-corrected chi connectivity index (χ3v) is 2.81. The molecule has 0 heterocycles. The predicted octanol–water partition coefficient (Wildman–Crippen LogP) is 2.83. The molecule has 1 rings (SSSR count). The van der Waals surface area contributed by atoms with Crippen molar-refractivity contribution in [2.24, 2.45) is 0 Å². The van der Waals surface area contributed by atoms with Gasteiger partial charge in [-0.1, -0.05) is 45.0 Å². The summed E-state index contributed by atoms with van der Waals surface area (Å²) in [7, 11) is 1.81. The molecule has 0 saturated heterocycles. The van der Waals surface area contributed by atoms with E-state index in [2.05, 4.69) is 38.2 Å². The van der Waals surface area contributed by atoms with Crippen molar-refractivity contribution in [2.45, 2.75) is 39.2 Å². The van der Waals surface area contributed by atoms with Gasteiger partial charge in [0.1, 0.15) is 0 Å². The third kappa shape index (κ3) is 2.92. The highest BCUT2D eigenvalue weighted by Gasteiger charge is 2.16. The van der Waals surface area contributed by atoms with Crippen molar-refractivity contribution in [3.63, 3.8) is 0 Å². The van der Waals surface area contributed by atoms with Crippen molar-refractivity contribution < 1.29 is 4.79 Å². The Kier molecular flexibility index (Phi) is 3.87. The Morgan fingerprint density at radius 1 is 1.19 bits per heavy atom. The van der Waals surface area contributed by atoms with Crippen molar-refractivity contribution in [1.29, 1.82) is 0 Å². The van der Waals surface area contributed by atoms with Gasteiger partial charge in [-0.2, -0.15) is 0 Å². The predicted molar refractivity (Wildman–Crippen MR) is 67.6 cm³/mol. The molecule has 0 aromatic heterocycles. The molecular formula is C14H21NO. The molecule has 0 amide bonds. The monoisotopic (exact) mass is 219 g/mol. The first-order valence-corrected chi connectivity index (χ1v) is 5.64. The number of hydrogen-bond acceptors (Lipinski definition) is 2. The van der Waals surface area contributed by atoms with Crippen LogP contribution in [0.4, 0.5) is 0 Å². The Bertz CT molecular complexity index is 359. The van der Waals surface area contributed by atoms with Gasteiger partial charge in [0.15, 0.2) is 5.78 Å². The molecule has 2 heteroatoms. The number of nitrogens with one attached hydrogen (secondary N) is 1. The van der Waals surface area contributed by atoms with E-state index in [1.807, 2.05) is 19.2 Å². The van der Waals surface area contributed by atoms with Gasteiger partial charge in [0, 0.05) is 0 Å². The second kappa shape index (κ2) is 4.79. The summed E-state index contributed by atoms with van der Waals surface area (Å²) in [5.74, 6) is 0.144. The van der Waals surface area contributed by atoms with E-state index in [0.717, 1.165) is 5.56 Å². The second-order valence-corrected chi connectivity index (χ2v) is 5.20. The molecular weight excluding hydrogens is 198 g/mol. The Morgan fingerprint density at radius 2 is 1.69 bits per heavy atom. The van der Waals surface area contributed by atoms with Crippen LogP contribution in [0.1, 0.15) is 44.9 Å². The lowest BCUT2D eigenvalue weighted by atomic mass is 9.86. The van der Waals surface area contributed by atoms with Gasteiger partial charge in [-0.25, -0.2) is 0 Å². The van der Waals surface area contributed by atoms with E-state index in [1.54, 1.807) is 6.92 Å². The maximum Gasteiger partial charge on any atom is 0.151 e. The summed E-state index contributed by atoms with van der Waals surface area (Å²) < 4.78 is 0. The van der Waals surface area contributed by atoms with Crippen molar-refractivity contribution in [1.82, 2.24) is 5.32 Å². The molecule has 1 aromatic rings. The number of Topliss-reactive ketones (excluding diaryl/α,β-unsaturated/α-hetero) is 1. The van der Waals surface area contributed by atoms with Crippen LogP contribution in [0.15, 0.2) is 24.3 Å². The molecule has 16 heavy (non-hydrogen) atoms. The maximum atomic E-state index is 11.4. The van der Waals surface area contributed by atoms with E-state index in [9.17, 15) is 4.79 Å². The highest BCUT2D eigenvalue weighted by molar-refractivity contribution is 5.82. The fraction of sp³-hybridized carbons (Fsp3) is 0.500. The standard InChI is InChI=1S/C14H21NO/c1-10(16)13(15-5)11-6-8-12(9-7-11)14(2,3)4/h6-9,13,15H,1-5H3. The van der Waals surface area contributed by atoms with Crippen LogP contribution in [-0.4, -0.2) is 12.8 Å². The largest absolute Gasteiger partial charge is 0.307 e. The molecule has 0 saturated carbocycles. The van der Waals surface area contributed by atoms with E-state index < -0.39 is 0 Å². The first-order valence-electron chi connectivity index (χ1n) is 5.64. The zero-order chi connectivity index (χ0) is 12.3. The van der Waals surface area contributed by atoms with Crippen molar-refractivity contribution in [3.8, 4) is 0 Å². The Hall–Kier alpha value is -1.15. The Labute approximate surface area is 98.1 Å². The van der Waals surface area contributed by atoms with Crippen molar-refractivity contribution in [3.05, 3.63) is 35.4 Å². The molecule has 0 fully saturated rings. The molecule has 0 spiro atoms. The van der Waals surface area contributed by atoms with E-state index in [0.29, 0.717) is 0 Å². The van der Waals surface area contributed by atoms with Crippen molar-refractivity contribution in [2.75, 3.05) is 7.05 Å². The molecule has 0 aliphatic rings. The zero-order valence-electron chi connectivity index (χ0n) is 10.8. The molecule has 0 radical (unpaired) electrons. The van der Waals surface area contributed by atoms with E-state index >= 15 is 0 Å². The quantitative estimate of drug-likeness (QED) is 0.847. The molecule has 0 bridgehead atoms. The number of rotatable bonds is 3. The minimum atomic E-state index is -0.186.